The van der Waals surface area contributed by atoms with Gasteiger partial charge in [-0.2, -0.15) is 0 Å². The molecule has 0 saturated heterocycles. The van der Waals surface area contributed by atoms with Gasteiger partial charge in [0.25, 0.3) is 0 Å². The number of aryl methyl sites for hydroxylation is 2. The van der Waals surface area contributed by atoms with Crippen LogP contribution in [0.1, 0.15) is 34.8 Å². The van der Waals surface area contributed by atoms with Gasteiger partial charge < -0.3 is 19.7 Å². The Hall–Kier alpha value is -3.84. The summed E-state index contributed by atoms with van der Waals surface area (Å²) in [4.78, 5) is 24.2. The number of hydrogen-bond donors (Lipinski definition) is 3. The normalized spacial score (nSPS) is 13.4. The summed E-state index contributed by atoms with van der Waals surface area (Å²) in [7, 11) is 0. The number of aliphatic hydroxyl groups is 1. The minimum atomic E-state index is -1.77. The van der Waals surface area contributed by atoms with E-state index >= 15 is 0 Å². The molecule has 1 atom stereocenters. The molecule has 1 amide bonds. The molecular weight excluding hydrogens is 422 g/mol. The summed E-state index contributed by atoms with van der Waals surface area (Å²) < 4.78 is 11.0. The van der Waals surface area contributed by atoms with E-state index in [-0.39, 0.29) is 5.56 Å². The third-order valence-electron chi connectivity index (χ3n) is 5.73. The minimum absolute atomic E-state index is 0.231. The molecular formula is C26H25NO6. The highest BCUT2D eigenvalue weighted by atomic mass is 16.6. The van der Waals surface area contributed by atoms with E-state index in [4.69, 9.17) is 9.47 Å². The summed E-state index contributed by atoms with van der Waals surface area (Å²) in [5, 5.41) is 22.9. The van der Waals surface area contributed by atoms with Crippen molar-refractivity contribution in [3.05, 3.63) is 76.9 Å². The molecule has 3 aromatic carbocycles. The second-order valence-corrected chi connectivity index (χ2v) is 8.00. The first kappa shape index (κ1) is 22.4. The van der Waals surface area contributed by atoms with E-state index in [1.165, 1.54) is 0 Å². The lowest BCUT2D eigenvalue weighted by atomic mass is 9.86. The van der Waals surface area contributed by atoms with E-state index in [0.717, 1.165) is 29.7 Å². The largest absolute Gasteiger partial charge is 0.493 e. The van der Waals surface area contributed by atoms with Crippen molar-refractivity contribution in [3.63, 3.8) is 0 Å². The van der Waals surface area contributed by atoms with Gasteiger partial charge in [0.15, 0.2) is 6.10 Å². The predicted molar refractivity (Wildman–Crippen MR) is 124 cm³/mol. The van der Waals surface area contributed by atoms with Crippen LogP contribution in [0.5, 0.6) is 11.5 Å². The molecule has 0 saturated carbocycles. The molecule has 3 aromatic rings. The molecule has 7 heteroatoms. The van der Waals surface area contributed by atoms with Gasteiger partial charge in [-0.05, 0) is 84.8 Å². The zero-order valence-corrected chi connectivity index (χ0v) is 18.4. The SMILES string of the molecule is Cc1cc(NC(=O)Oc2ccccc2)c(C)c(C(O)C(=O)O)c1-c1ccc2c(c1)CCCO2. The molecule has 4 rings (SSSR count). The van der Waals surface area contributed by atoms with Crippen LogP contribution in [0, 0.1) is 13.8 Å². The smallest absolute Gasteiger partial charge is 0.417 e. The van der Waals surface area contributed by atoms with Crippen LogP contribution in [0.4, 0.5) is 10.5 Å². The Kier molecular flexibility index (Phi) is 6.33. The molecule has 1 unspecified atom stereocenters. The van der Waals surface area contributed by atoms with Crippen molar-refractivity contribution in [2.75, 3.05) is 11.9 Å². The molecule has 0 bridgehead atoms. The number of benzene rings is 3. The summed E-state index contributed by atoms with van der Waals surface area (Å²) in [6, 6.07) is 16.1. The quantitative estimate of drug-likeness (QED) is 0.507. The number of nitrogens with one attached hydrogen (secondary N) is 1. The molecule has 1 heterocycles. The highest BCUT2D eigenvalue weighted by molar-refractivity contribution is 5.91. The van der Waals surface area contributed by atoms with Crippen LogP contribution >= 0.6 is 0 Å². The Labute approximate surface area is 191 Å². The van der Waals surface area contributed by atoms with Gasteiger partial charge in [0.2, 0.25) is 0 Å². The number of carbonyl (C=O) groups is 2. The van der Waals surface area contributed by atoms with Gasteiger partial charge in [0.1, 0.15) is 11.5 Å². The molecule has 3 N–H and O–H groups in total. The molecule has 0 spiro atoms. The number of para-hydroxylation sites is 1. The monoisotopic (exact) mass is 447 g/mol. The van der Waals surface area contributed by atoms with Gasteiger partial charge in [0, 0.05) is 11.3 Å². The zero-order chi connectivity index (χ0) is 23.5. The van der Waals surface area contributed by atoms with Crippen LogP contribution in [0.25, 0.3) is 11.1 Å². The number of fused-ring (bicyclic) bond motifs is 1. The molecule has 170 valence electrons. The van der Waals surface area contributed by atoms with Crippen LogP contribution < -0.4 is 14.8 Å². The van der Waals surface area contributed by atoms with Gasteiger partial charge in [0.05, 0.1) is 6.61 Å². The van der Waals surface area contributed by atoms with Crippen LogP contribution in [0.15, 0.2) is 54.6 Å². The summed E-state index contributed by atoms with van der Waals surface area (Å²) in [6.45, 7) is 4.16. The molecule has 33 heavy (non-hydrogen) atoms. The highest BCUT2D eigenvalue weighted by Gasteiger charge is 2.27. The maximum absolute atomic E-state index is 12.4. The van der Waals surface area contributed by atoms with Gasteiger partial charge in [-0.1, -0.05) is 24.3 Å². The molecule has 0 aliphatic carbocycles. The Bertz CT molecular complexity index is 1210. The van der Waals surface area contributed by atoms with Gasteiger partial charge in [-0.15, -0.1) is 0 Å². The minimum Gasteiger partial charge on any atom is -0.493 e. The Balaban J connectivity index is 1.76. The Morgan fingerprint density at radius 1 is 1.09 bits per heavy atom. The number of carboxylic acid groups (broad SMARTS) is 1. The predicted octanol–water partition coefficient (Wildman–Crippen LogP) is 5.02. The first-order valence-corrected chi connectivity index (χ1v) is 10.7. The Morgan fingerprint density at radius 3 is 2.58 bits per heavy atom. The molecule has 7 nitrogen and oxygen atoms in total. The second kappa shape index (κ2) is 9.34. The molecule has 1 aliphatic rings. The van der Waals surface area contributed by atoms with Crippen LogP contribution in [-0.2, 0) is 11.2 Å². The first-order valence-electron chi connectivity index (χ1n) is 10.7. The molecule has 1 aliphatic heterocycles. The number of carboxylic acids is 1. The number of rotatable bonds is 5. The standard InChI is InChI=1S/C26H25NO6/c1-15-13-20(27-26(31)33-19-8-4-3-5-9-19)16(2)23(24(28)25(29)30)22(15)18-10-11-21-17(14-18)7-6-12-32-21/h3-5,8-11,13-14,24,28H,6-7,12H2,1-2H3,(H,27,31)(H,29,30). The van der Waals surface area contributed by atoms with Crippen molar-refractivity contribution >= 4 is 17.7 Å². The fraction of sp³-hybridized carbons (Fsp3) is 0.231. The third kappa shape index (κ3) is 4.68. The van der Waals surface area contributed by atoms with Crippen LogP contribution in [0.3, 0.4) is 0 Å². The van der Waals surface area contributed by atoms with Gasteiger partial charge in [-0.25, -0.2) is 9.59 Å². The summed E-state index contributed by atoms with van der Waals surface area (Å²) in [6.07, 6.45) is -0.704. The third-order valence-corrected chi connectivity index (χ3v) is 5.73. The Morgan fingerprint density at radius 2 is 1.85 bits per heavy atom. The summed E-state index contributed by atoms with van der Waals surface area (Å²) in [5.74, 6) is -0.172. The van der Waals surface area contributed by atoms with E-state index in [2.05, 4.69) is 5.32 Å². The first-order chi connectivity index (χ1) is 15.8. The molecule has 0 fully saturated rings. The lowest BCUT2D eigenvalue weighted by molar-refractivity contribution is -0.146. The van der Waals surface area contributed by atoms with Crippen LogP contribution in [-0.4, -0.2) is 28.9 Å². The highest BCUT2D eigenvalue weighted by Crippen LogP contribution is 2.40. The van der Waals surface area contributed by atoms with Crippen molar-refractivity contribution in [1.82, 2.24) is 0 Å². The van der Waals surface area contributed by atoms with Gasteiger partial charge >= 0.3 is 12.1 Å². The molecule has 0 radical (unpaired) electrons. The van der Waals surface area contributed by atoms with Crippen molar-refractivity contribution in [3.8, 4) is 22.6 Å². The lowest BCUT2D eigenvalue weighted by Crippen LogP contribution is -2.20. The average Bonchev–Trinajstić information content (AvgIpc) is 2.80. The van der Waals surface area contributed by atoms with Crippen LogP contribution in [0.2, 0.25) is 0 Å². The van der Waals surface area contributed by atoms with E-state index in [1.807, 2.05) is 31.2 Å². The number of aliphatic carboxylic acids is 1. The van der Waals surface area contributed by atoms with E-state index in [9.17, 15) is 19.8 Å². The topological polar surface area (TPSA) is 105 Å². The maximum atomic E-state index is 12.4. The van der Waals surface area contributed by atoms with Crippen molar-refractivity contribution in [2.24, 2.45) is 0 Å². The second-order valence-electron chi connectivity index (χ2n) is 8.00. The van der Waals surface area contributed by atoms with Crippen molar-refractivity contribution < 1.29 is 29.3 Å². The number of anilines is 1. The van der Waals surface area contributed by atoms with Crippen molar-refractivity contribution in [2.45, 2.75) is 32.8 Å². The fourth-order valence-electron chi connectivity index (χ4n) is 4.17. The van der Waals surface area contributed by atoms with Gasteiger partial charge in [-0.3, -0.25) is 5.32 Å². The van der Waals surface area contributed by atoms with E-state index in [0.29, 0.717) is 34.7 Å². The maximum Gasteiger partial charge on any atom is 0.417 e. The average molecular weight is 447 g/mol. The fourth-order valence-corrected chi connectivity index (χ4v) is 4.17. The van der Waals surface area contributed by atoms with Crippen molar-refractivity contribution in [1.29, 1.82) is 0 Å². The molecule has 0 aromatic heterocycles. The number of hydrogen-bond acceptors (Lipinski definition) is 5. The number of ether oxygens (including phenoxy) is 2. The lowest BCUT2D eigenvalue weighted by Gasteiger charge is -2.23. The van der Waals surface area contributed by atoms with E-state index in [1.54, 1.807) is 37.3 Å². The number of carbonyl (C=O) groups excluding carboxylic acids is 1. The summed E-state index contributed by atoms with van der Waals surface area (Å²) in [5.41, 5.74) is 4.21. The number of amides is 1. The number of aliphatic hydroxyl groups excluding tert-OH is 1. The summed E-state index contributed by atoms with van der Waals surface area (Å²) >= 11 is 0. The van der Waals surface area contributed by atoms with E-state index < -0.39 is 18.2 Å². The zero-order valence-electron chi connectivity index (χ0n) is 18.4.